The van der Waals surface area contributed by atoms with Gasteiger partial charge in [0.2, 0.25) is 0 Å². The van der Waals surface area contributed by atoms with Crippen molar-refractivity contribution in [1.29, 1.82) is 0 Å². The lowest BCUT2D eigenvalue weighted by molar-refractivity contribution is -0.130. The zero-order valence-electron chi connectivity index (χ0n) is 19.9. The number of amides is 1. The molecule has 1 aromatic heterocycles. The van der Waals surface area contributed by atoms with Gasteiger partial charge in [-0.15, -0.1) is 0 Å². The van der Waals surface area contributed by atoms with Gasteiger partial charge in [-0.05, 0) is 58.3 Å². The molecular formula is C29H22ClN3O3S. The van der Waals surface area contributed by atoms with Crippen molar-refractivity contribution in [2.75, 3.05) is 12.9 Å². The van der Waals surface area contributed by atoms with E-state index >= 15 is 0 Å². The van der Waals surface area contributed by atoms with E-state index in [0.717, 1.165) is 28.0 Å². The Morgan fingerprint density at radius 2 is 1.86 bits per heavy atom. The van der Waals surface area contributed by atoms with Crippen molar-refractivity contribution in [3.63, 3.8) is 0 Å². The fourth-order valence-electron chi connectivity index (χ4n) is 4.50. The van der Waals surface area contributed by atoms with Crippen LogP contribution in [0.4, 0.5) is 0 Å². The predicted octanol–water partition coefficient (Wildman–Crippen LogP) is 7.11. The molecule has 0 radical (unpaired) electrons. The Morgan fingerprint density at radius 3 is 2.68 bits per heavy atom. The average Bonchev–Trinajstić information content (AvgIpc) is 3.56. The summed E-state index contributed by atoms with van der Waals surface area (Å²) in [5.41, 5.74) is 4.18. The molecule has 184 valence electrons. The molecule has 1 unspecified atom stereocenters. The predicted molar refractivity (Wildman–Crippen MR) is 147 cm³/mol. The van der Waals surface area contributed by atoms with E-state index in [1.165, 1.54) is 17.1 Å². The number of methoxy groups -OCH3 is 1. The number of hydrazone groups is 1. The van der Waals surface area contributed by atoms with Gasteiger partial charge in [-0.1, -0.05) is 71.9 Å². The highest BCUT2D eigenvalue weighted by atomic mass is 35.5. The summed E-state index contributed by atoms with van der Waals surface area (Å²) < 4.78 is 11.1. The van der Waals surface area contributed by atoms with Crippen LogP contribution in [0.25, 0.3) is 21.9 Å². The molecule has 2 heterocycles. The number of benzene rings is 4. The van der Waals surface area contributed by atoms with Crippen molar-refractivity contribution < 1.29 is 13.9 Å². The number of halogens is 1. The molecule has 1 amide bonds. The van der Waals surface area contributed by atoms with Crippen LogP contribution < -0.4 is 4.74 Å². The molecular weight excluding hydrogens is 506 g/mol. The highest BCUT2D eigenvalue weighted by Gasteiger charge is 2.33. The number of hydrogen-bond donors (Lipinski definition) is 0. The maximum atomic E-state index is 13.5. The second kappa shape index (κ2) is 9.92. The summed E-state index contributed by atoms with van der Waals surface area (Å²) in [6.45, 7) is 0. The smallest absolute Gasteiger partial charge is 0.257 e. The number of oxazole rings is 1. The molecule has 0 bridgehead atoms. The summed E-state index contributed by atoms with van der Waals surface area (Å²) in [7, 11) is 1.64. The highest BCUT2D eigenvalue weighted by molar-refractivity contribution is 7.99. The van der Waals surface area contributed by atoms with E-state index in [1.807, 2.05) is 36.4 Å². The minimum Gasteiger partial charge on any atom is -0.497 e. The molecule has 6 nitrogen and oxygen atoms in total. The number of thioether (sulfide) groups is 1. The number of hydrogen-bond acceptors (Lipinski definition) is 6. The van der Waals surface area contributed by atoms with Gasteiger partial charge in [0.05, 0.1) is 24.6 Å². The maximum absolute atomic E-state index is 13.5. The second-order valence-electron chi connectivity index (χ2n) is 8.72. The Bertz CT molecular complexity index is 1650. The Balaban J connectivity index is 1.28. The Kier molecular flexibility index (Phi) is 6.32. The van der Waals surface area contributed by atoms with Crippen molar-refractivity contribution >= 4 is 56.9 Å². The third-order valence-electron chi connectivity index (χ3n) is 6.40. The van der Waals surface area contributed by atoms with Crippen molar-refractivity contribution in [2.24, 2.45) is 5.10 Å². The first kappa shape index (κ1) is 23.6. The van der Waals surface area contributed by atoms with Gasteiger partial charge in [0.25, 0.3) is 11.1 Å². The van der Waals surface area contributed by atoms with Gasteiger partial charge >= 0.3 is 0 Å². The second-order valence-corrected chi connectivity index (χ2v) is 10.1. The van der Waals surface area contributed by atoms with E-state index in [9.17, 15) is 4.79 Å². The first-order chi connectivity index (χ1) is 18.1. The summed E-state index contributed by atoms with van der Waals surface area (Å²) >= 11 is 7.31. The molecule has 6 rings (SSSR count). The highest BCUT2D eigenvalue weighted by Crippen LogP contribution is 2.35. The molecule has 8 heteroatoms. The van der Waals surface area contributed by atoms with Gasteiger partial charge in [-0.2, -0.15) is 5.10 Å². The molecule has 1 atom stereocenters. The van der Waals surface area contributed by atoms with Gasteiger partial charge in [0, 0.05) is 11.4 Å². The summed E-state index contributed by atoms with van der Waals surface area (Å²) in [4.78, 5) is 17.9. The molecule has 0 N–H and O–H groups in total. The number of rotatable bonds is 6. The zero-order valence-corrected chi connectivity index (χ0v) is 21.5. The van der Waals surface area contributed by atoms with Crippen LogP contribution >= 0.6 is 23.4 Å². The van der Waals surface area contributed by atoms with Crippen LogP contribution in [0.3, 0.4) is 0 Å². The monoisotopic (exact) mass is 527 g/mol. The van der Waals surface area contributed by atoms with Crippen LogP contribution in [0.2, 0.25) is 5.02 Å². The van der Waals surface area contributed by atoms with Crippen molar-refractivity contribution in [3.8, 4) is 5.75 Å². The van der Waals surface area contributed by atoms with E-state index in [4.69, 9.17) is 25.9 Å². The number of carbonyl (C=O) groups excluding carboxylic acids is 1. The molecule has 0 spiro atoms. The fourth-order valence-corrected chi connectivity index (χ4v) is 5.36. The van der Waals surface area contributed by atoms with E-state index in [2.05, 4.69) is 35.3 Å². The average molecular weight is 528 g/mol. The number of nitrogens with zero attached hydrogens (tertiary/aromatic N) is 3. The quantitative estimate of drug-likeness (QED) is 0.220. The van der Waals surface area contributed by atoms with Crippen molar-refractivity contribution in [2.45, 2.75) is 17.7 Å². The number of fused-ring (bicyclic) bond motifs is 2. The summed E-state index contributed by atoms with van der Waals surface area (Å²) in [5, 5.41) is 9.73. The number of ether oxygens (including phenoxy) is 1. The largest absolute Gasteiger partial charge is 0.497 e. The first-order valence-electron chi connectivity index (χ1n) is 11.8. The van der Waals surface area contributed by atoms with Gasteiger partial charge in [0.15, 0.2) is 5.58 Å². The standard InChI is InChI=1S/C29H22ClN3O3S/c1-35-23-11-8-19(9-12-23)26-16-24(21-7-6-18-4-2-3-5-20(18)14-21)32-33(26)28(34)17-37-29-31-25-15-22(30)10-13-27(25)36-29/h2-15,26H,16-17H2,1H3. The fraction of sp³-hybridized carbons (Fsp3) is 0.138. The molecule has 1 aliphatic heterocycles. The maximum Gasteiger partial charge on any atom is 0.257 e. The summed E-state index contributed by atoms with van der Waals surface area (Å²) in [5.74, 6) is 0.783. The van der Waals surface area contributed by atoms with Crippen molar-refractivity contribution in [3.05, 3.63) is 101 Å². The van der Waals surface area contributed by atoms with Gasteiger partial charge < -0.3 is 9.15 Å². The lowest BCUT2D eigenvalue weighted by Crippen LogP contribution is -2.28. The summed E-state index contributed by atoms with van der Waals surface area (Å²) in [6, 6.07) is 27.3. The van der Waals surface area contributed by atoms with Crippen LogP contribution in [0.5, 0.6) is 5.75 Å². The van der Waals surface area contributed by atoms with E-state index in [0.29, 0.717) is 27.8 Å². The molecule has 4 aromatic carbocycles. The minimum absolute atomic E-state index is 0.123. The molecule has 0 saturated heterocycles. The van der Waals surface area contributed by atoms with Crippen LogP contribution in [0.1, 0.15) is 23.6 Å². The Hall–Kier alpha value is -3.81. The molecule has 0 saturated carbocycles. The number of aromatic nitrogens is 1. The summed E-state index contributed by atoms with van der Waals surface area (Å²) in [6.07, 6.45) is 0.614. The third kappa shape index (κ3) is 4.80. The van der Waals surface area contributed by atoms with Crippen LogP contribution in [0, 0.1) is 0 Å². The van der Waals surface area contributed by atoms with E-state index in [-0.39, 0.29) is 17.7 Å². The van der Waals surface area contributed by atoms with Crippen LogP contribution in [-0.2, 0) is 4.79 Å². The minimum atomic E-state index is -0.220. The van der Waals surface area contributed by atoms with Crippen LogP contribution in [-0.4, -0.2) is 34.5 Å². The normalized spacial score (nSPS) is 15.4. The topological polar surface area (TPSA) is 67.9 Å². The first-order valence-corrected chi connectivity index (χ1v) is 13.2. The van der Waals surface area contributed by atoms with Crippen molar-refractivity contribution in [1.82, 2.24) is 9.99 Å². The Morgan fingerprint density at radius 1 is 1.05 bits per heavy atom. The SMILES string of the molecule is COc1ccc(C2CC(c3ccc4ccccc4c3)=NN2C(=O)CSc2nc3cc(Cl)ccc3o2)cc1. The molecule has 0 aliphatic carbocycles. The van der Waals surface area contributed by atoms with Gasteiger partial charge in [0.1, 0.15) is 11.3 Å². The Labute approximate surface area is 222 Å². The van der Waals surface area contributed by atoms with E-state index < -0.39 is 0 Å². The van der Waals surface area contributed by atoms with Gasteiger partial charge in [-0.25, -0.2) is 9.99 Å². The lowest BCUT2D eigenvalue weighted by Gasteiger charge is -2.22. The lowest BCUT2D eigenvalue weighted by atomic mass is 9.97. The molecule has 37 heavy (non-hydrogen) atoms. The molecule has 5 aromatic rings. The third-order valence-corrected chi connectivity index (χ3v) is 7.45. The van der Waals surface area contributed by atoms with Gasteiger partial charge in [-0.3, -0.25) is 4.79 Å². The molecule has 1 aliphatic rings. The van der Waals surface area contributed by atoms with E-state index in [1.54, 1.807) is 30.3 Å². The molecule has 0 fully saturated rings. The van der Waals surface area contributed by atoms with Crippen LogP contribution in [0.15, 0.2) is 99.7 Å². The zero-order chi connectivity index (χ0) is 25.4. The number of carbonyl (C=O) groups is 1.